The summed E-state index contributed by atoms with van der Waals surface area (Å²) in [7, 11) is 0. The Labute approximate surface area is 158 Å². The predicted molar refractivity (Wildman–Crippen MR) is 103 cm³/mol. The van der Waals surface area contributed by atoms with Gasteiger partial charge < -0.3 is 10.7 Å². The van der Waals surface area contributed by atoms with Crippen molar-refractivity contribution in [3.63, 3.8) is 0 Å². The first-order valence-corrected chi connectivity index (χ1v) is 8.61. The fourth-order valence-electron chi connectivity index (χ4n) is 2.90. The number of imidazole rings is 1. The number of hydrazine groups is 1. The molecule has 1 aromatic carbocycles. The molecule has 0 spiro atoms. The first kappa shape index (κ1) is 20.0. The zero-order valence-corrected chi connectivity index (χ0v) is 15.8. The fourth-order valence-corrected chi connectivity index (χ4v) is 2.90. The van der Waals surface area contributed by atoms with Crippen LogP contribution in [0.15, 0.2) is 24.3 Å². The van der Waals surface area contributed by atoms with Crippen molar-refractivity contribution in [3.05, 3.63) is 24.3 Å². The molecule has 1 aliphatic rings. The number of fused-ring (bicyclic) bond motifs is 1. The van der Waals surface area contributed by atoms with Gasteiger partial charge in [-0.3, -0.25) is 10.1 Å². The maximum Gasteiger partial charge on any atom is 0.343 e. The van der Waals surface area contributed by atoms with Gasteiger partial charge in [0.2, 0.25) is 5.95 Å². The minimum absolute atomic E-state index is 0. The Hall–Kier alpha value is -2.32. The number of rotatable bonds is 4. The lowest BCUT2D eigenvalue weighted by molar-refractivity contribution is -0.142. The second-order valence-corrected chi connectivity index (χ2v) is 6.38. The summed E-state index contributed by atoms with van der Waals surface area (Å²) in [4.78, 5) is 32.6. The number of carbonyl (C=O) groups excluding carboxylic acids is 2. The average molecular weight is 381 g/mol. The number of hydrogen-bond acceptors (Lipinski definition) is 4. The summed E-state index contributed by atoms with van der Waals surface area (Å²) in [6.45, 7) is 4.91. The predicted octanol–water partition coefficient (Wildman–Crippen LogP) is 2.34. The van der Waals surface area contributed by atoms with Crippen molar-refractivity contribution in [2.24, 2.45) is 11.7 Å². The van der Waals surface area contributed by atoms with E-state index >= 15 is 0 Å². The van der Waals surface area contributed by atoms with Crippen LogP contribution in [-0.4, -0.2) is 51.1 Å². The molecule has 1 aromatic heterocycles. The van der Waals surface area contributed by atoms with Crippen LogP contribution in [0.4, 0.5) is 10.7 Å². The Morgan fingerprint density at radius 1 is 1.31 bits per heavy atom. The molecular formula is C17H25ClN6O2. The third kappa shape index (κ3) is 3.91. The minimum Gasteiger partial charge on any atom is -0.324 e. The highest BCUT2D eigenvalue weighted by atomic mass is 35.5. The molecule has 2 heterocycles. The number of nitrogens with one attached hydrogen (secondary N) is 2. The molecule has 0 aliphatic carbocycles. The quantitative estimate of drug-likeness (QED) is 0.756. The standard InChI is InChI=1S/C17H24N6O2.ClH/c1-3-11(2)14(18)15(24)22-9-6-10-23(22)17(25)21-16-19-12-7-4-5-8-13(12)20-16;/h4-5,7-8,11,14H,3,6,9-10,18H2,1-2H3,(H2,19,20,21,25);1H. The number of amides is 3. The highest BCUT2D eigenvalue weighted by molar-refractivity contribution is 5.92. The van der Waals surface area contributed by atoms with Crippen molar-refractivity contribution in [3.8, 4) is 0 Å². The number of aromatic nitrogens is 2. The van der Waals surface area contributed by atoms with E-state index in [1.54, 1.807) is 0 Å². The second kappa shape index (κ2) is 8.37. The summed E-state index contributed by atoms with van der Waals surface area (Å²) in [5, 5.41) is 5.59. The van der Waals surface area contributed by atoms with E-state index in [9.17, 15) is 9.59 Å². The molecule has 0 bridgehead atoms. The maximum atomic E-state index is 12.6. The number of para-hydroxylation sites is 2. The van der Waals surface area contributed by atoms with E-state index in [1.807, 2.05) is 38.1 Å². The Morgan fingerprint density at radius 3 is 2.69 bits per heavy atom. The molecule has 0 radical (unpaired) electrons. The fraction of sp³-hybridized carbons (Fsp3) is 0.471. The van der Waals surface area contributed by atoms with Gasteiger partial charge in [0.25, 0.3) is 5.91 Å². The molecule has 3 rings (SSSR count). The van der Waals surface area contributed by atoms with Crippen LogP contribution in [0.5, 0.6) is 0 Å². The lowest BCUT2D eigenvalue weighted by Gasteiger charge is -2.31. The van der Waals surface area contributed by atoms with Crippen LogP contribution in [0, 0.1) is 5.92 Å². The van der Waals surface area contributed by atoms with E-state index in [0.717, 1.165) is 23.9 Å². The van der Waals surface area contributed by atoms with E-state index in [1.165, 1.54) is 10.0 Å². The first-order chi connectivity index (χ1) is 12.0. The van der Waals surface area contributed by atoms with Crippen molar-refractivity contribution in [2.45, 2.75) is 32.7 Å². The largest absolute Gasteiger partial charge is 0.343 e. The lowest BCUT2D eigenvalue weighted by Crippen LogP contribution is -2.53. The second-order valence-electron chi connectivity index (χ2n) is 6.38. The Balaban J connectivity index is 0.00000243. The van der Waals surface area contributed by atoms with Crippen LogP contribution in [0.3, 0.4) is 0 Å². The summed E-state index contributed by atoms with van der Waals surface area (Å²) in [5.41, 5.74) is 7.66. The topological polar surface area (TPSA) is 107 Å². The van der Waals surface area contributed by atoms with Gasteiger partial charge in [-0.2, -0.15) is 0 Å². The summed E-state index contributed by atoms with van der Waals surface area (Å²) in [6, 6.07) is 6.52. The molecule has 9 heteroatoms. The van der Waals surface area contributed by atoms with Crippen molar-refractivity contribution < 1.29 is 9.59 Å². The highest BCUT2D eigenvalue weighted by Gasteiger charge is 2.35. The Morgan fingerprint density at radius 2 is 2.00 bits per heavy atom. The van der Waals surface area contributed by atoms with Crippen molar-refractivity contribution in [1.29, 1.82) is 0 Å². The Bertz CT molecular complexity index is 746. The molecule has 4 N–H and O–H groups in total. The molecule has 1 saturated heterocycles. The number of H-pyrrole nitrogens is 1. The maximum absolute atomic E-state index is 12.6. The van der Waals surface area contributed by atoms with Gasteiger partial charge in [0.1, 0.15) is 0 Å². The SMILES string of the molecule is CCC(C)C(N)C(=O)N1CCCN1C(=O)Nc1nc2ccccc2[nH]1.Cl. The number of urea groups is 1. The minimum atomic E-state index is -0.607. The van der Waals surface area contributed by atoms with Crippen LogP contribution in [0.25, 0.3) is 11.0 Å². The lowest BCUT2D eigenvalue weighted by atomic mass is 9.99. The average Bonchev–Trinajstić information content (AvgIpc) is 3.25. The van der Waals surface area contributed by atoms with Gasteiger partial charge in [-0.05, 0) is 24.5 Å². The van der Waals surface area contributed by atoms with Gasteiger partial charge in [-0.15, -0.1) is 12.4 Å². The zero-order chi connectivity index (χ0) is 18.0. The molecule has 8 nitrogen and oxygen atoms in total. The molecule has 1 aliphatic heterocycles. The molecule has 142 valence electrons. The molecule has 0 saturated carbocycles. The van der Waals surface area contributed by atoms with Gasteiger partial charge in [0.15, 0.2) is 0 Å². The molecular weight excluding hydrogens is 356 g/mol. The summed E-state index contributed by atoms with van der Waals surface area (Å²) in [6.07, 6.45) is 1.54. The third-order valence-corrected chi connectivity index (χ3v) is 4.68. The number of nitrogens with zero attached hydrogens (tertiary/aromatic N) is 3. The van der Waals surface area contributed by atoms with Crippen LogP contribution in [0.2, 0.25) is 0 Å². The number of hydrogen-bond donors (Lipinski definition) is 3. The van der Waals surface area contributed by atoms with Gasteiger partial charge in [-0.1, -0.05) is 32.4 Å². The van der Waals surface area contributed by atoms with Crippen molar-refractivity contribution in [2.75, 3.05) is 18.4 Å². The number of carbonyl (C=O) groups is 2. The Kier molecular flexibility index (Phi) is 6.44. The molecule has 2 unspecified atom stereocenters. The first-order valence-electron chi connectivity index (χ1n) is 8.61. The van der Waals surface area contributed by atoms with Gasteiger partial charge in [-0.25, -0.2) is 19.8 Å². The summed E-state index contributed by atoms with van der Waals surface area (Å²) >= 11 is 0. The van der Waals surface area contributed by atoms with Gasteiger partial charge in [0.05, 0.1) is 17.1 Å². The summed E-state index contributed by atoms with van der Waals surface area (Å²) in [5.74, 6) is 0.205. The molecule has 1 fully saturated rings. The monoisotopic (exact) mass is 380 g/mol. The molecule has 3 amide bonds. The normalized spacial score (nSPS) is 16.3. The van der Waals surface area contributed by atoms with Crippen LogP contribution < -0.4 is 11.1 Å². The van der Waals surface area contributed by atoms with Gasteiger partial charge >= 0.3 is 6.03 Å². The number of halogens is 1. The molecule has 2 aromatic rings. The van der Waals surface area contributed by atoms with Crippen LogP contribution >= 0.6 is 12.4 Å². The number of benzene rings is 1. The van der Waals surface area contributed by atoms with E-state index in [4.69, 9.17) is 5.73 Å². The summed E-state index contributed by atoms with van der Waals surface area (Å²) < 4.78 is 0. The zero-order valence-electron chi connectivity index (χ0n) is 14.9. The van der Waals surface area contributed by atoms with Crippen LogP contribution in [-0.2, 0) is 4.79 Å². The van der Waals surface area contributed by atoms with E-state index in [-0.39, 0.29) is 30.3 Å². The molecule has 2 atom stereocenters. The van der Waals surface area contributed by atoms with Crippen molar-refractivity contribution in [1.82, 2.24) is 20.0 Å². The van der Waals surface area contributed by atoms with E-state index in [2.05, 4.69) is 15.3 Å². The number of anilines is 1. The molecule has 26 heavy (non-hydrogen) atoms. The van der Waals surface area contributed by atoms with Gasteiger partial charge in [0, 0.05) is 13.1 Å². The van der Waals surface area contributed by atoms with E-state index < -0.39 is 6.04 Å². The smallest absolute Gasteiger partial charge is 0.324 e. The third-order valence-electron chi connectivity index (χ3n) is 4.68. The number of nitrogens with two attached hydrogens (primary N) is 1. The van der Waals surface area contributed by atoms with Crippen LogP contribution in [0.1, 0.15) is 26.7 Å². The van der Waals surface area contributed by atoms with E-state index in [0.29, 0.717) is 19.0 Å². The highest BCUT2D eigenvalue weighted by Crippen LogP contribution is 2.18. The van der Waals surface area contributed by atoms with Crippen molar-refractivity contribution >= 4 is 41.3 Å². The number of aromatic amines is 1.